The summed E-state index contributed by atoms with van der Waals surface area (Å²) < 4.78 is 5.02. The Kier molecular flexibility index (Phi) is 4.14. The SMILES string of the molecule is Cc1cc(CNC(=O)CCC2CCCN2)on1. The lowest BCUT2D eigenvalue weighted by atomic mass is 10.1. The molecule has 2 N–H and O–H groups in total. The predicted octanol–water partition coefficient (Wildman–Crippen LogP) is 1.13. The Hall–Kier alpha value is -1.36. The molecule has 0 bridgehead atoms. The van der Waals surface area contributed by atoms with Crippen molar-refractivity contribution < 1.29 is 9.32 Å². The Morgan fingerprint density at radius 3 is 3.24 bits per heavy atom. The van der Waals surface area contributed by atoms with E-state index < -0.39 is 0 Å². The zero-order valence-electron chi connectivity index (χ0n) is 10.2. The van der Waals surface area contributed by atoms with Crippen LogP contribution in [0.25, 0.3) is 0 Å². The molecule has 0 saturated carbocycles. The summed E-state index contributed by atoms with van der Waals surface area (Å²) in [6.45, 7) is 3.38. The summed E-state index contributed by atoms with van der Waals surface area (Å²) in [4.78, 5) is 11.6. The first-order chi connectivity index (χ1) is 8.24. The lowest BCUT2D eigenvalue weighted by Gasteiger charge is -2.09. The average Bonchev–Trinajstić information content (AvgIpc) is 2.95. The Morgan fingerprint density at radius 2 is 2.59 bits per heavy atom. The van der Waals surface area contributed by atoms with Crippen molar-refractivity contribution in [1.29, 1.82) is 0 Å². The topological polar surface area (TPSA) is 67.2 Å². The molecular formula is C12H19N3O2. The number of amides is 1. The van der Waals surface area contributed by atoms with E-state index in [4.69, 9.17) is 4.52 Å². The molecule has 17 heavy (non-hydrogen) atoms. The van der Waals surface area contributed by atoms with Crippen LogP contribution in [0.4, 0.5) is 0 Å². The van der Waals surface area contributed by atoms with Crippen LogP contribution in [0.1, 0.15) is 37.1 Å². The first-order valence-corrected chi connectivity index (χ1v) is 6.16. The molecule has 1 amide bonds. The molecule has 0 spiro atoms. The molecule has 1 aliphatic rings. The highest BCUT2D eigenvalue weighted by Gasteiger charge is 2.15. The Labute approximate surface area is 101 Å². The molecule has 94 valence electrons. The van der Waals surface area contributed by atoms with Crippen molar-refractivity contribution in [1.82, 2.24) is 15.8 Å². The van der Waals surface area contributed by atoms with Crippen LogP contribution in [0, 0.1) is 6.92 Å². The van der Waals surface area contributed by atoms with Gasteiger partial charge in [-0.05, 0) is 32.7 Å². The molecule has 1 aliphatic heterocycles. The van der Waals surface area contributed by atoms with Gasteiger partial charge in [-0.1, -0.05) is 5.16 Å². The summed E-state index contributed by atoms with van der Waals surface area (Å²) in [5.41, 5.74) is 0.837. The molecule has 1 aromatic rings. The largest absolute Gasteiger partial charge is 0.359 e. The van der Waals surface area contributed by atoms with Crippen LogP contribution < -0.4 is 10.6 Å². The van der Waals surface area contributed by atoms with Crippen molar-refractivity contribution >= 4 is 5.91 Å². The standard InChI is InChI=1S/C12H19N3O2/c1-9-7-11(17-15-9)8-14-12(16)5-4-10-3-2-6-13-10/h7,10,13H,2-6,8H2,1H3,(H,14,16). The number of aryl methyl sites for hydroxylation is 1. The van der Waals surface area contributed by atoms with Crippen molar-refractivity contribution in [2.45, 2.75) is 45.2 Å². The van der Waals surface area contributed by atoms with Gasteiger partial charge in [0.15, 0.2) is 5.76 Å². The van der Waals surface area contributed by atoms with Crippen LogP contribution in [-0.2, 0) is 11.3 Å². The normalized spacial score (nSPS) is 19.5. The maximum absolute atomic E-state index is 11.6. The summed E-state index contributed by atoms with van der Waals surface area (Å²) in [5, 5.41) is 9.98. The molecule has 0 aliphatic carbocycles. The second kappa shape index (κ2) is 5.82. The molecule has 1 unspecified atom stereocenters. The fraction of sp³-hybridized carbons (Fsp3) is 0.667. The first kappa shape index (κ1) is 12.1. The summed E-state index contributed by atoms with van der Waals surface area (Å²) in [6.07, 6.45) is 3.91. The molecule has 1 atom stereocenters. The zero-order chi connectivity index (χ0) is 12.1. The van der Waals surface area contributed by atoms with Gasteiger partial charge in [-0.2, -0.15) is 0 Å². The van der Waals surface area contributed by atoms with E-state index in [1.165, 1.54) is 12.8 Å². The van der Waals surface area contributed by atoms with Crippen LogP contribution in [0.15, 0.2) is 10.6 Å². The van der Waals surface area contributed by atoms with Crippen molar-refractivity contribution in [3.05, 3.63) is 17.5 Å². The molecule has 5 nitrogen and oxygen atoms in total. The van der Waals surface area contributed by atoms with Crippen LogP contribution in [0.5, 0.6) is 0 Å². The van der Waals surface area contributed by atoms with E-state index in [-0.39, 0.29) is 5.91 Å². The molecule has 0 aromatic carbocycles. The molecule has 5 heteroatoms. The van der Waals surface area contributed by atoms with E-state index in [0.717, 1.165) is 18.7 Å². The van der Waals surface area contributed by atoms with E-state index in [9.17, 15) is 4.79 Å². The molecule has 1 saturated heterocycles. The third-order valence-corrected chi connectivity index (χ3v) is 3.02. The second-order valence-electron chi connectivity index (χ2n) is 4.54. The van der Waals surface area contributed by atoms with Crippen molar-refractivity contribution in [3.63, 3.8) is 0 Å². The average molecular weight is 237 g/mol. The van der Waals surface area contributed by atoms with E-state index in [1.54, 1.807) is 0 Å². The molecule has 2 heterocycles. The maximum atomic E-state index is 11.6. The molecular weight excluding hydrogens is 218 g/mol. The van der Waals surface area contributed by atoms with E-state index in [1.807, 2.05) is 13.0 Å². The van der Waals surface area contributed by atoms with Gasteiger partial charge < -0.3 is 15.2 Å². The van der Waals surface area contributed by atoms with Gasteiger partial charge in [-0.25, -0.2) is 0 Å². The van der Waals surface area contributed by atoms with Crippen molar-refractivity contribution in [3.8, 4) is 0 Å². The van der Waals surface area contributed by atoms with Gasteiger partial charge in [0.05, 0.1) is 12.2 Å². The first-order valence-electron chi connectivity index (χ1n) is 6.16. The van der Waals surface area contributed by atoms with Gasteiger partial charge in [0.2, 0.25) is 5.91 Å². The molecule has 1 aromatic heterocycles. The van der Waals surface area contributed by atoms with Gasteiger partial charge in [0.25, 0.3) is 0 Å². The number of carbonyl (C=O) groups is 1. The summed E-state index contributed by atoms with van der Waals surface area (Å²) in [6, 6.07) is 2.35. The molecule has 2 rings (SSSR count). The quantitative estimate of drug-likeness (QED) is 0.805. The number of rotatable bonds is 5. The van der Waals surface area contributed by atoms with Crippen molar-refractivity contribution in [2.24, 2.45) is 0 Å². The van der Waals surface area contributed by atoms with Crippen molar-refractivity contribution in [2.75, 3.05) is 6.54 Å². The van der Waals surface area contributed by atoms with Gasteiger partial charge in [-0.15, -0.1) is 0 Å². The Morgan fingerprint density at radius 1 is 1.71 bits per heavy atom. The van der Waals surface area contributed by atoms with Crippen LogP contribution >= 0.6 is 0 Å². The fourth-order valence-corrected chi connectivity index (χ4v) is 2.08. The second-order valence-corrected chi connectivity index (χ2v) is 4.54. The smallest absolute Gasteiger partial charge is 0.220 e. The highest BCUT2D eigenvalue weighted by molar-refractivity contribution is 5.75. The van der Waals surface area contributed by atoms with E-state index >= 15 is 0 Å². The Balaban J connectivity index is 1.63. The number of carbonyl (C=O) groups excluding carboxylic acids is 1. The van der Waals surface area contributed by atoms with Gasteiger partial charge in [0, 0.05) is 18.5 Å². The number of hydrogen-bond acceptors (Lipinski definition) is 4. The monoisotopic (exact) mass is 237 g/mol. The van der Waals surface area contributed by atoms with Crippen LogP contribution in [0.3, 0.4) is 0 Å². The highest BCUT2D eigenvalue weighted by atomic mass is 16.5. The highest BCUT2D eigenvalue weighted by Crippen LogP contribution is 2.10. The van der Waals surface area contributed by atoms with E-state index in [0.29, 0.717) is 24.8 Å². The lowest BCUT2D eigenvalue weighted by molar-refractivity contribution is -0.121. The number of nitrogens with one attached hydrogen (secondary N) is 2. The van der Waals surface area contributed by atoms with Crippen LogP contribution in [-0.4, -0.2) is 23.7 Å². The van der Waals surface area contributed by atoms with Gasteiger partial charge >= 0.3 is 0 Å². The van der Waals surface area contributed by atoms with Gasteiger partial charge in [0.1, 0.15) is 0 Å². The Bertz CT molecular complexity index is 370. The third kappa shape index (κ3) is 3.85. The minimum Gasteiger partial charge on any atom is -0.359 e. The fourth-order valence-electron chi connectivity index (χ4n) is 2.08. The number of hydrogen-bond donors (Lipinski definition) is 2. The minimum atomic E-state index is 0.0766. The molecule has 0 radical (unpaired) electrons. The third-order valence-electron chi connectivity index (χ3n) is 3.02. The summed E-state index contributed by atoms with van der Waals surface area (Å²) >= 11 is 0. The number of nitrogens with zero attached hydrogens (tertiary/aromatic N) is 1. The predicted molar refractivity (Wildman–Crippen MR) is 63.3 cm³/mol. The summed E-state index contributed by atoms with van der Waals surface area (Å²) in [5.74, 6) is 0.780. The number of aromatic nitrogens is 1. The van der Waals surface area contributed by atoms with Crippen LogP contribution in [0.2, 0.25) is 0 Å². The minimum absolute atomic E-state index is 0.0766. The van der Waals surface area contributed by atoms with Gasteiger partial charge in [-0.3, -0.25) is 4.79 Å². The van der Waals surface area contributed by atoms with E-state index in [2.05, 4.69) is 15.8 Å². The molecule has 1 fully saturated rings. The maximum Gasteiger partial charge on any atom is 0.220 e. The summed E-state index contributed by atoms with van der Waals surface area (Å²) in [7, 11) is 0. The zero-order valence-corrected chi connectivity index (χ0v) is 10.2. The lowest BCUT2D eigenvalue weighted by Crippen LogP contribution is -2.27.